The third-order valence-electron chi connectivity index (χ3n) is 4.47. The van der Waals surface area contributed by atoms with E-state index in [0.29, 0.717) is 0 Å². The normalized spacial score (nSPS) is 17.2. The van der Waals surface area contributed by atoms with Crippen molar-refractivity contribution in [1.82, 2.24) is 14.9 Å². The first-order chi connectivity index (χ1) is 10.1. The number of hydrogen-bond donors (Lipinski definition) is 2. The van der Waals surface area contributed by atoms with Gasteiger partial charge in [-0.15, -0.1) is 0 Å². The maximum Gasteiger partial charge on any atom is 0.224 e. The highest BCUT2D eigenvalue weighted by molar-refractivity contribution is 5.42. The van der Waals surface area contributed by atoms with E-state index in [1.54, 1.807) is 0 Å². The SMILES string of the molecule is CCCNc1nc(C)cc(NCC2(N(C)C)CCCC2)n1. The second-order valence-corrected chi connectivity index (χ2v) is 6.32. The Balaban J connectivity index is 2.03. The van der Waals surface area contributed by atoms with Crippen LogP contribution in [0.15, 0.2) is 6.07 Å². The van der Waals surface area contributed by atoms with Crippen LogP contribution in [0.2, 0.25) is 0 Å². The number of likely N-dealkylation sites (N-methyl/N-ethyl adjacent to an activating group) is 1. The summed E-state index contributed by atoms with van der Waals surface area (Å²) >= 11 is 0. The van der Waals surface area contributed by atoms with Gasteiger partial charge in [0.05, 0.1) is 0 Å². The van der Waals surface area contributed by atoms with Gasteiger partial charge >= 0.3 is 0 Å². The Kier molecular flexibility index (Phi) is 5.39. The van der Waals surface area contributed by atoms with Crippen molar-refractivity contribution in [3.8, 4) is 0 Å². The van der Waals surface area contributed by atoms with Crippen molar-refractivity contribution in [2.45, 2.75) is 51.5 Å². The van der Waals surface area contributed by atoms with Crippen molar-refractivity contribution < 1.29 is 0 Å². The monoisotopic (exact) mass is 291 g/mol. The first-order valence-electron chi connectivity index (χ1n) is 8.06. The number of aromatic nitrogens is 2. The molecular weight excluding hydrogens is 262 g/mol. The van der Waals surface area contributed by atoms with Crippen LogP contribution in [0.25, 0.3) is 0 Å². The summed E-state index contributed by atoms with van der Waals surface area (Å²) in [6.45, 7) is 6.01. The predicted molar refractivity (Wildman–Crippen MR) is 88.9 cm³/mol. The third-order valence-corrected chi connectivity index (χ3v) is 4.47. The highest BCUT2D eigenvalue weighted by Gasteiger charge is 2.35. The second-order valence-electron chi connectivity index (χ2n) is 6.32. The van der Waals surface area contributed by atoms with Crippen LogP contribution in [0.1, 0.15) is 44.7 Å². The van der Waals surface area contributed by atoms with Gasteiger partial charge in [-0.05, 0) is 40.3 Å². The molecule has 2 N–H and O–H groups in total. The highest BCUT2D eigenvalue weighted by Crippen LogP contribution is 2.33. The Morgan fingerprint density at radius 1 is 1.19 bits per heavy atom. The van der Waals surface area contributed by atoms with Crippen molar-refractivity contribution >= 4 is 11.8 Å². The second kappa shape index (κ2) is 7.07. The molecule has 0 bridgehead atoms. The summed E-state index contributed by atoms with van der Waals surface area (Å²) in [5.74, 6) is 1.65. The average molecular weight is 291 g/mol. The minimum Gasteiger partial charge on any atom is -0.368 e. The number of nitrogens with one attached hydrogen (secondary N) is 2. The molecule has 0 atom stereocenters. The van der Waals surface area contributed by atoms with Gasteiger partial charge in [0, 0.05) is 30.4 Å². The molecule has 5 heteroatoms. The number of aryl methyl sites for hydroxylation is 1. The van der Waals surface area contributed by atoms with E-state index in [1.165, 1.54) is 25.7 Å². The zero-order valence-electron chi connectivity index (χ0n) is 13.9. The molecule has 1 heterocycles. The molecule has 21 heavy (non-hydrogen) atoms. The zero-order valence-corrected chi connectivity index (χ0v) is 13.9. The van der Waals surface area contributed by atoms with E-state index < -0.39 is 0 Å². The van der Waals surface area contributed by atoms with Crippen molar-refractivity contribution in [1.29, 1.82) is 0 Å². The maximum absolute atomic E-state index is 4.57. The number of rotatable bonds is 7. The lowest BCUT2D eigenvalue weighted by molar-refractivity contribution is 0.172. The molecule has 0 amide bonds. The van der Waals surface area contributed by atoms with Crippen molar-refractivity contribution in [2.75, 3.05) is 37.8 Å². The van der Waals surface area contributed by atoms with E-state index in [2.05, 4.69) is 46.5 Å². The van der Waals surface area contributed by atoms with Crippen LogP contribution >= 0.6 is 0 Å². The first kappa shape index (κ1) is 16.0. The summed E-state index contributed by atoms with van der Waals surface area (Å²) in [7, 11) is 4.37. The molecule has 0 saturated heterocycles. The maximum atomic E-state index is 4.57. The lowest BCUT2D eigenvalue weighted by atomic mass is 9.96. The summed E-state index contributed by atoms with van der Waals surface area (Å²) in [6, 6.07) is 2.02. The Morgan fingerprint density at radius 2 is 1.90 bits per heavy atom. The molecular formula is C16H29N5. The fourth-order valence-electron chi connectivity index (χ4n) is 3.05. The van der Waals surface area contributed by atoms with E-state index >= 15 is 0 Å². The van der Waals surface area contributed by atoms with Gasteiger partial charge in [-0.25, -0.2) is 4.98 Å². The van der Waals surface area contributed by atoms with Crippen molar-refractivity contribution in [3.05, 3.63) is 11.8 Å². The van der Waals surface area contributed by atoms with Crippen LogP contribution in [-0.4, -0.2) is 47.6 Å². The van der Waals surface area contributed by atoms with Gasteiger partial charge in [-0.1, -0.05) is 19.8 Å². The summed E-state index contributed by atoms with van der Waals surface area (Å²) in [5, 5.41) is 6.80. The molecule has 0 unspecified atom stereocenters. The Hall–Kier alpha value is -1.36. The molecule has 0 aromatic carbocycles. The van der Waals surface area contributed by atoms with Crippen LogP contribution in [0.5, 0.6) is 0 Å². The molecule has 1 saturated carbocycles. The van der Waals surface area contributed by atoms with Gasteiger partial charge in [0.25, 0.3) is 0 Å². The van der Waals surface area contributed by atoms with E-state index in [9.17, 15) is 0 Å². The Labute approximate surface area is 128 Å². The van der Waals surface area contributed by atoms with E-state index in [1.807, 2.05) is 13.0 Å². The lowest BCUT2D eigenvalue weighted by Gasteiger charge is -2.36. The largest absolute Gasteiger partial charge is 0.368 e. The highest BCUT2D eigenvalue weighted by atomic mass is 15.2. The number of hydrogen-bond acceptors (Lipinski definition) is 5. The first-order valence-corrected chi connectivity index (χ1v) is 8.06. The molecule has 1 aliphatic rings. The number of anilines is 2. The van der Waals surface area contributed by atoms with Gasteiger partial charge in [0.2, 0.25) is 5.95 Å². The van der Waals surface area contributed by atoms with Crippen LogP contribution < -0.4 is 10.6 Å². The Bertz CT molecular complexity index is 452. The lowest BCUT2D eigenvalue weighted by Crippen LogP contribution is -2.47. The molecule has 1 aromatic rings. The fourth-order valence-corrected chi connectivity index (χ4v) is 3.05. The summed E-state index contributed by atoms with van der Waals surface area (Å²) in [4.78, 5) is 11.4. The summed E-state index contributed by atoms with van der Waals surface area (Å²) in [5.41, 5.74) is 1.27. The third kappa shape index (κ3) is 4.06. The number of nitrogens with zero attached hydrogens (tertiary/aromatic N) is 3. The zero-order chi connectivity index (χ0) is 15.3. The van der Waals surface area contributed by atoms with Crippen molar-refractivity contribution in [2.24, 2.45) is 0 Å². The van der Waals surface area contributed by atoms with E-state index in [-0.39, 0.29) is 5.54 Å². The molecule has 0 spiro atoms. The quantitative estimate of drug-likeness (QED) is 0.809. The minimum atomic E-state index is 0.274. The summed E-state index contributed by atoms with van der Waals surface area (Å²) in [6.07, 6.45) is 6.25. The average Bonchev–Trinajstić information content (AvgIpc) is 2.93. The van der Waals surface area contributed by atoms with E-state index in [0.717, 1.165) is 37.0 Å². The minimum absolute atomic E-state index is 0.274. The van der Waals surface area contributed by atoms with Crippen LogP contribution in [-0.2, 0) is 0 Å². The van der Waals surface area contributed by atoms with Gasteiger partial charge < -0.3 is 15.5 Å². The van der Waals surface area contributed by atoms with Gasteiger partial charge in [-0.3, -0.25) is 0 Å². The Morgan fingerprint density at radius 3 is 2.52 bits per heavy atom. The van der Waals surface area contributed by atoms with Crippen LogP contribution in [0, 0.1) is 6.92 Å². The van der Waals surface area contributed by atoms with Gasteiger partial charge in [0.1, 0.15) is 5.82 Å². The predicted octanol–water partition coefficient (Wildman–Crippen LogP) is 2.89. The van der Waals surface area contributed by atoms with Crippen LogP contribution in [0.3, 0.4) is 0 Å². The van der Waals surface area contributed by atoms with Gasteiger partial charge in [-0.2, -0.15) is 4.98 Å². The molecule has 118 valence electrons. The molecule has 2 rings (SSSR count). The molecule has 5 nitrogen and oxygen atoms in total. The van der Waals surface area contributed by atoms with E-state index in [4.69, 9.17) is 0 Å². The molecule has 1 aromatic heterocycles. The summed E-state index contributed by atoms with van der Waals surface area (Å²) < 4.78 is 0. The molecule has 1 aliphatic carbocycles. The molecule has 1 fully saturated rings. The molecule has 0 radical (unpaired) electrons. The molecule has 0 aliphatic heterocycles. The smallest absolute Gasteiger partial charge is 0.224 e. The van der Waals surface area contributed by atoms with Crippen LogP contribution in [0.4, 0.5) is 11.8 Å². The topological polar surface area (TPSA) is 53.1 Å². The van der Waals surface area contributed by atoms with Crippen molar-refractivity contribution in [3.63, 3.8) is 0 Å². The van der Waals surface area contributed by atoms with Gasteiger partial charge in [0.15, 0.2) is 0 Å². The fraction of sp³-hybridized carbons (Fsp3) is 0.750. The standard InChI is InChI=1S/C16H29N5/c1-5-10-17-15-19-13(2)11-14(20-15)18-12-16(21(3)4)8-6-7-9-16/h11H,5-10,12H2,1-4H3,(H2,17,18,19,20).